The van der Waals surface area contributed by atoms with Crippen LogP contribution in [0, 0.1) is 19.8 Å². The molecule has 142 valence electrons. The normalized spacial score (nSPS) is 14.7. The van der Waals surface area contributed by atoms with Gasteiger partial charge in [0.25, 0.3) is 0 Å². The molecule has 1 amide bonds. The second-order valence-electron chi connectivity index (χ2n) is 6.74. The van der Waals surface area contributed by atoms with Crippen LogP contribution >= 0.6 is 0 Å². The van der Waals surface area contributed by atoms with Gasteiger partial charge < -0.3 is 15.0 Å². The molecule has 1 saturated heterocycles. The highest BCUT2D eigenvalue weighted by Gasteiger charge is 2.27. The number of hydrogen-bond acceptors (Lipinski definition) is 6. The molecule has 1 aromatic carbocycles. The first kappa shape index (κ1) is 18.8. The van der Waals surface area contributed by atoms with Crippen LogP contribution in [0.5, 0.6) is 0 Å². The molecular formula is C20H24N4O3. The topological polar surface area (TPSA) is 84.4 Å². The summed E-state index contributed by atoms with van der Waals surface area (Å²) in [6.45, 7) is 5.35. The number of aryl methyl sites for hydroxylation is 2. The van der Waals surface area contributed by atoms with Crippen molar-refractivity contribution in [1.82, 2.24) is 9.97 Å². The minimum absolute atomic E-state index is 0.0765. The first-order valence-corrected chi connectivity index (χ1v) is 9.03. The fourth-order valence-electron chi connectivity index (χ4n) is 3.31. The lowest BCUT2D eigenvalue weighted by Crippen LogP contribution is -2.39. The fourth-order valence-corrected chi connectivity index (χ4v) is 3.31. The number of aromatic nitrogens is 2. The zero-order valence-electron chi connectivity index (χ0n) is 15.9. The number of ether oxygens (including phenoxy) is 1. The summed E-state index contributed by atoms with van der Waals surface area (Å²) in [6, 6.07) is 8.82. The number of carbonyl (C=O) groups is 2. The van der Waals surface area contributed by atoms with Crippen LogP contribution in [0.4, 0.5) is 11.6 Å². The number of piperidine rings is 1. The van der Waals surface area contributed by atoms with E-state index in [2.05, 4.69) is 20.2 Å². The molecule has 1 N–H and O–H groups in total. The minimum Gasteiger partial charge on any atom is -0.465 e. The molecule has 1 aliphatic rings. The van der Waals surface area contributed by atoms with E-state index in [0.717, 1.165) is 30.4 Å². The number of carbonyl (C=O) groups excluding carboxylic acids is 2. The van der Waals surface area contributed by atoms with Crippen LogP contribution in [-0.4, -0.2) is 42.0 Å². The molecule has 1 fully saturated rings. The Hall–Kier alpha value is -2.96. The van der Waals surface area contributed by atoms with E-state index in [0.29, 0.717) is 24.1 Å². The summed E-state index contributed by atoms with van der Waals surface area (Å²) in [5, 5.41) is 2.88. The molecule has 1 aromatic heterocycles. The summed E-state index contributed by atoms with van der Waals surface area (Å²) in [4.78, 5) is 35.6. The molecule has 3 rings (SSSR count). The summed E-state index contributed by atoms with van der Waals surface area (Å²) < 4.78 is 4.78. The Bertz CT molecular complexity index is 825. The van der Waals surface area contributed by atoms with Crippen molar-refractivity contribution in [3.05, 3.63) is 47.3 Å². The third kappa shape index (κ3) is 4.42. The number of amides is 1. The maximum Gasteiger partial charge on any atom is 0.339 e. The van der Waals surface area contributed by atoms with Crippen LogP contribution in [0.25, 0.3) is 0 Å². The van der Waals surface area contributed by atoms with Crippen molar-refractivity contribution < 1.29 is 14.3 Å². The highest BCUT2D eigenvalue weighted by Crippen LogP contribution is 2.24. The van der Waals surface area contributed by atoms with Gasteiger partial charge in [-0.15, -0.1) is 0 Å². The van der Waals surface area contributed by atoms with Gasteiger partial charge in [-0.3, -0.25) is 4.79 Å². The molecule has 1 aliphatic heterocycles. The van der Waals surface area contributed by atoms with Gasteiger partial charge in [0.1, 0.15) is 0 Å². The van der Waals surface area contributed by atoms with Gasteiger partial charge in [-0.2, -0.15) is 0 Å². The van der Waals surface area contributed by atoms with Crippen molar-refractivity contribution >= 4 is 23.5 Å². The summed E-state index contributed by atoms with van der Waals surface area (Å²) in [5.41, 5.74) is 2.72. The van der Waals surface area contributed by atoms with Crippen molar-refractivity contribution in [2.24, 2.45) is 5.92 Å². The number of esters is 1. The Kier molecular flexibility index (Phi) is 5.69. The molecular weight excluding hydrogens is 344 g/mol. The molecule has 0 bridgehead atoms. The number of benzene rings is 1. The molecule has 0 spiro atoms. The summed E-state index contributed by atoms with van der Waals surface area (Å²) in [6.07, 6.45) is 1.42. The van der Waals surface area contributed by atoms with Crippen LogP contribution in [0.2, 0.25) is 0 Å². The Morgan fingerprint density at radius 1 is 1.11 bits per heavy atom. The lowest BCUT2D eigenvalue weighted by Gasteiger charge is -2.31. The Morgan fingerprint density at radius 3 is 2.37 bits per heavy atom. The van der Waals surface area contributed by atoms with E-state index in [-0.39, 0.29) is 11.8 Å². The van der Waals surface area contributed by atoms with Gasteiger partial charge in [-0.05, 0) is 44.9 Å². The maximum absolute atomic E-state index is 12.7. The van der Waals surface area contributed by atoms with Crippen molar-refractivity contribution in [3.8, 4) is 0 Å². The molecule has 7 heteroatoms. The lowest BCUT2D eigenvalue weighted by molar-refractivity contribution is -0.120. The number of nitrogens with one attached hydrogen (secondary N) is 1. The molecule has 0 atom stereocenters. The third-order valence-electron chi connectivity index (χ3n) is 4.71. The third-order valence-corrected chi connectivity index (χ3v) is 4.71. The average molecular weight is 368 g/mol. The fraction of sp³-hybridized carbons (Fsp3) is 0.400. The Balaban J connectivity index is 1.63. The quantitative estimate of drug-likeness (QED) is 0.836. The predicted octanol–water partition coefficient (Wildman–Crippen LogP) is 2.74. The summed E-state index contributed by atoms with van der Waals surface area (Å²) in [7, 11) is 1.33. The number of para-hydroxylation sites is 1. The van der Waals surface area contributed by atoms with E-state index in [9.17, 15) is 9.59 Å². The smallest absolute Gasteiger partial charge is 0.339 e. The van der Waals surface area contributed by atoms with Crippen molar-refractivity contribution in [2.75, 3.05) is 30.4 Å². The van der Waals surface area contributed by atoms with E-state index in [1.165, 1.54) is 7.11 Å². The molecule has 2 aromatic rings. The second-order valence-corrected chi connectivity index (χ2v) is 6.74. The highest BCUT2D eigenvalue weighted by molar-refractivity contribution is 6.01. The largest absolute Gasteiger partial charge is 0.465 e. The van der Waals surface area contributed by atoms with Crippen LogP contribution < -0.4 is 10.2 Å². The predicted molar refractivity (Wildman–Crippen MR) is 103 cm³/mol. The monoisotopic (exact) mass is 368 g/mol. The number of nitrogens with zero attached hydrogens (tertiary/aromatic N) is 3. The maximum atomic E-state index is 12.7. The van der Waals surface area contributed by atoms with Crippen LogP contribution in [0.3, 0.4) is 0 Å². The molecule has 0 radical (unpaired) electrons. The molecule has 0 aliphatic carbocycles. The zero-order chi connectivity index (χ0) is 19.4. The summed E-state index contributed by atoms with van der Waals surface area (Å²) >= 11 is 0. The van der Waals surface area contributed by atoms with Crippen LogP contribution in [0.15, 0.2) is 30.3 Å². The molecule has 2 heterocycles. The summed E-state index contributed by atoms with van der Waals surface area (Å²) in [5.74, 6) is 0.0697. The van der Waals surface area contributed by atoms with E-state index in [1.807, 2.05) is 19.9 Å². The van der Waals surface area contributed by atoms with Crippen molar-refractivity contribution in [3.63, 3.8) is 0 Å². The van der Waals surface area contributed by atoms with Gasteiger partial charge in [0.2, 0.25) is 11.9 Å². The van der Waals surface area contributed by atoms with E-state index >= 15 is 0 Å². The lowest BCUT2D eigenvalue weighted by atomic mass is 9.96. The zero-order valence-corrected chi connectivity index (χ0v) is 15.9. The van der Waals surface area contributed by atoms with Crippen molar-refractivity contribution in [1.29, 1.82) is 0 Å². The molecule has 27 heavy (non-hydrogen) atoms. The Morgan fingerprint density at radius 2 is 1.74 bits per heavy atom. The minimum atomic E-state index is -0.465. The SMILES string of the molecule is COC(=O)c1ccccc1NC(=O)C1CCN(c2nc(C)cc(C)n2)CC1. The van der Waals surface area contributed by atoms with Gasteiger partial charge in [0.15, 0.2) is 0 Å². The number of rotatable bonds is 4. The first-order chi connectivity index (χ1) is 13.0. The van der Waals surface area contributed by atoms with Gasteiger partial charge in [0.05, 0.1) is 18.4 Å². The standard InChI is InChI=1S/C20H24N4O3/c1-13-12-14(2)22-20(21-13)24-10-8-15(9-11-24)18(25)23-17-7-5-4-6-16(17)19(26)27-3/h4-7,12,15H,8-11H2,1-3H3,(H,23,25). The molecule has 0 unspecified atom stereocenters. The molecule has 7 nitrogen and oxygen atoms in total. The average Bonchev–Trinajstić information content (AvgIpc) is 2.67. The Labute approximate surface area is 158 Å². The van der Waals surface area contributed by atoms with Crippen molar-refractivity contribution in [2.45, 2.75) is 26.7 Å². The number of hydrogen-bond donors (Lipinski definition) is 1. The first-order valence-electron chi connectivity index (χ1n) is 9.03. The van der Waals surface area contributed by atoms with Gasteiger partial charge in [-0.1, -0.05) is 12.1 Å². The van der Waals surface area contributed by atoms with E-state index in [4.69, 9.17) is 4.74 Å². The van der Waals surface area contributed by atoms with E-state index in [1.54, 1.807) is 24.3 Å². The van der Waals surface area contributed by atoms with Crippen LogP contribution in [-0.2, 0) is 9.53 Å². The number of methoxy groups -OCH3 is 1. The van der Waals surface area contributed by atoms with Gasteiger partial charge in [0, 0.05) is 30.4 Å². The van der Waals surface area contributed by atoms with E-state index < -0.39 is 5.97 Å². The second kappa shape index (κ2) is 8.16. The van der Waals surface area contributed by atoms with Gasteiger partial charge in [-0.25, -0.2) is 14.8 Å². The number of anilines is 2. The highest BCUT2D eigenvalue weighted by atomic mass is 16.5. The van der Waals surface area contributed by atoms with Crippen LogP contribution in [0.1, 0.15) is 34.6 Å². The molecule has 0 saturated carbocycles. The van der Waals surface area contributed by atoms with Gasteiger partial charge >= 0.3 is 5.97 Å².